The first-order valence-electron chi connectivity index (χ1n) is 10.6. The monoisotopic (exact) mass is 470 g/mol. The van der Waals surface area contributed by atoms with Gasteiger partial charge in [-0.15, -0.1) is 0 Å². The standard InChI is InChI=1S/C24H26N2O8/c1-4-33-23(29)15-5-7-17(8-6-15)26-13-16(11-22(26)28)24(30)34-14-21(27)25-19-12-18(31-2)9-10-20(19)32-3/h5-10,12,16H,4,11,13-14H2,1-3H3,(H,25,27)/t16-/m0/s1. The molecule has 0 saturated carbocycles. The van der Waals surface area contributed by atoms with Crippen LogP contribution in [-0.4, -0.2) is 57.7 Å². The molecular formula is C24H26N2O8. The lowest BCUT2D eigenvalue weighted by Gasteiger charge is -2.17. The van der Waals surface area contributed by atoms with E-state index in [9.17, 15) is 19.2 Å². The molecule has 180 valence electrons. The molecule has 1 N–H and O–H groups in total. The van der Waals surface area contributed by atoms with Gasteiger partial charge in [0.1, 0.15) is 11.5 Å². The third kappa shape index (κ3) is 5.83. The van der Waals surface area contributed by atoms with Crippen LogP contribution >= 0.6 is 0 Å². The molecule has 1 saturated heterocycles. The van der Waals surface area contributed by atoms with Gasteiger partial charge in [-0.05, 0) is 43.3 Å². The predicted molar refractivity (Wildman–Crippen MR) is 122 cm³/mol. The second kappa shape index (κ2) is 11.2. The summed E-state index contributed by atoms with van der Waals surface area (Å²) in [5.74, 6) is -1.68. The average Bonchev–Trinajstić information content (AvgIpc) is 3.24. The highest BCUT2D eigenvalue weighted by molar-refractivity contribution is 6.00. The summed E-state index contributed by atoms with van der Waals surface area (Å²) in [6.45, 7) is 1.58. The maximum atomic E-state index is 12.5. The van der Waals surface area contributed by atoms with Gasteiger partial charge in [-0.25, -0.2) is 4.79 Å². The van der Waals surface area contributed by atoms with Gasteiger partial charge in [0.15, 0.2) is 6.61 Å². The van der Waals surface area contributed by atoms with Gasteiger partial charge in [0.25, 0.3) is 5.91 Å². The summed E-state index contributed by atoms with van der Waals surface area (Å²) in [6.07, 6.45) is -0.0379. The van der Waals surface area contributed by atoms with Crippen molar-refractivity contribution in [2.24, 2.45) is 5.92 Å². The zero-order valence-electron chi connectivity index (χ0n) is 19.2. The molecule has 0 radical (unpaired) electrons. The molecular weight excluding hydrogens is 444 g/mol. The van der Waals surface area contributed by atoms with Crippen LogP contribution in [0.1, 0.15) is 23.7 Å². The molecule has 1 heterocycles. The molecule has 1 aliphatic rings. The fourth-order valence-electron chi connectivity index (χ4n) is 3.46. The van der Waals surface area contributed by atoms with Crippen LogP contribution in [-0.2, 0) is 23.9 Å². The molecule has 0 spiro atoms. The van der Waals surface area contributed by atoms with Crippen molar-refractivity contribution in [2.75, 3.05) is 44.2 Å². The van der Waals surface area contributed by atoms with Crippen molar-refractivity contribution in [3.05, 3.63) is 48.0 Å². The molecule has 10 nitrogen and oxygen atoms in total. The zero-order valence-corrected chi connectivity index (χ0v) is 19.2. The molecule has 0 aromatic heterocycles. The maximum absolute atomic E-state index is 12.5. The van der Waals surface area contributed by atoms with E-state index < -0.39 is 30.4 Å². The van der Waals surface area contributed by atoms with Crippen molar-refractivity contribution in [3.8, 4) is 11.5 Å². The van der Waals surface area contributed by atoms with Crippen molar-refractivity contribution in [3.63, 3.8) is 0 Å². The number of anilines is 2. The highest BCUT2D eigenvalue weighted by atomic mass is 16.5. The zero-order chi connectivity index (χ0) is 24.7. The number of hydrogen-bond donors (Lipinski definition) is 1. The first-order valence-corrected chi connectivity index (χ1v) is 10.6. The topological polar surface area (TPSA) is 120 Å². The van der Waals surface area contributed by atoms with E-state index in [1.54, 1.807) is 49.4 Å². The summed E-state index contributed by atoms with van der Waals surface area (Å²) in [7, 11) is 2.96. The molecule has 3 rings (SSSR count). The molecule has 2 aromatic carbocycles. The van der Waals surface area contributed by atoms with Crippen molar-refractivity contribution in [1.29, 1.82) is 0 Å². The van der Waals surface area contributed by atoms with Crippen LogP contribution < -0.4 is 19.7 Å². The first kappa shape index (κ1) is 24.6. The average molecular weight is 470 g/mol. The Morgan fingerprint density at radius 3 is 2.41 bits per heavy atom. The van der Waals surface area contributed by atoms with E-state index in [0.717, 1.165) is 0 Å². The van der Waals surface area contributed by atoms with Gasteiger partial charge in [-0.3, -0.25) is 14.4 Å². The number of nitrogens with zero attached hydrogens (tertiary/aromatic N) is 1. The Bertz CT molecular complexity index is 1070. The van der Waals surface area contributed by atoms with Gasteiger partial charge in [0, 0.05) is 24.7 Å². The van der Waals surface area contributed by atoms with Gasteiger partial charge >= 0.3 is 11.9 Å². The Labute approximate surface area is 196 Å². The van der Waals surface area contributed by atoms with E-state index in [2.05, 4.69) is 5.32 Å². The normalized spacial score (nSPS) is 15.0. The second-order valence-electron chi connectivity index (χ2n) is 7.39. The number of amides is 2. The number of esters is 2. The van der Waals surface area contributed by atoms with Crippen molar-refractivity contribution < 1.29 is 38.1 Å². The number of nitrogens with one attached hydrogen (secondary N) is 1. The highest BCUT2D eigenvalue weighted by Crippen LogP contribution is 2.29. The van der Waals surface area contributed by atoms with Gasteiger partial charge < -0.3 is 29.2 Å². The molecule has 2 aromatic rings. The Morgan fingerprint density at radius 2 is 1.76 bits per heavy atom. The number of ether oxygens (including phenoxy) is 4. The SMILES string of the molecule is CCOC(=O)c1ccc(N2C[C@@H](C(=O)OCC(=O)Nc3cc(OC)ccc3OC)CC2=O)cc1. The largest absolute Gasteiger partial charge is 0.497 e. The predicted octanol–water partition coefficient (Wildman–Crippen LogP) is 2.42. The highest BCUT2D eigenvalue weighted by Gasteiger charge is 2.36. The van der Waals surface area contributed by atoms with Gasteiger partial charge in [0.2, 0.25) is 5.91 Å². The third-order valence-corrected chi connectivity index (χ3v) is 5.17. The van der Waals surface area contributed by atoms with Crippen molar-refractivity contribution in [1.82, 2.24) is 0 Å². The summed E-state index contributed by atoms with van der Waals surface area (Å²) in [4.78, 5) is 50.4. The maximum Gasteiger partial charge on any atom is 0.338 e. The lowest BCUT2D eigenvalue weighted by molar-refractivity contribution is -0.151. The minimum absolute atomic E-state index is 0.0379. The fourth-order valence-corrected chi connectivity index (χ4v) is 3.46. The molecule has 0 bridgehead atoms. The molecule has 0 aliphatic carbocycles. The van der Waals surface area contributed by atoms with Crippen LogP contribution in [0.25, 0.3) is 0 Å². The summed E-state index contributed by atoms with van der Waals surface area (Å²) < 4.78 is 20.4. The molecule has 0 unspecified atom stereocenters. The van der Waals surface area contributed by atoms with E-state index >= 15 is 0 Å². The van der Waals surface area contributed by atoms with Gasteiger partial charge in [-0.1, -0.05) is 0 Å². The molecule has 1 atom stereocenters. The molecule has 1 aliphatic heterocycles. The van der Waals surface area contributed by atoms with Crippen LogP contribution in [0.4, 0.5) is 11.4 Å². The van der Waals surface area contributed by atoms with Crippen LogP contribution in [0.2, 0.25) is 0 Å². The van der Waals surface area contributed by atoms with Crippen LogP contribution in [0.5, 0.6) is 11.5 Å². The Morgan fingerprint density at radius 1 is 1.03 bits per heavy atom. The summed E-state index contributed by atoms with van der Waals surface area (Å²) in [5.41, 5.74) is 1.29. The minimum atomic E-state index is -0.712. The van der Waals surface area contributed by atoms with E-state index in [0.29, 0.717) is 28.4 Å². The van der Waals surface area contributed by atoms with Crippen LogP contribution in [0.15, 0.2) is 42.5 Å². The van der Waals surface area contributed by atoms with Crippen molar-refractivity contribution >= 4 is 35.1 Å². The third-order valence-electron chi connectivity index (χ3n) is 5.17. The second-order valence-corrected chi connectivity index (χ2v) is 7.39. The number of rotatable bonds is 9. The lowest BCUT2D eigenvalue weighted by atomic mass is 10.1. The van der Waals surface area contributed by atoms with E-state index in [1.807, 2.05) is 0 Å². The lowest BCUT2D eigenvalue weighted by Crippen LogP contribution is -2.28. The molecule has 1 fully saturated rings. The van der Waals surface area contributed by atoms with Gasteiger partial charge in [-0.2, -0.15) is 0 Å². The molecule has 34 heavy (non-hydrogen) atoms. The molecule has 10 heteroatoms. The summed E-state index contributed by atoms with van der Waals surface area (Å²) in [6, 6.07) is 11.3. The van der Waals surface area contributed by atoms with E-state index in [1.165, 1.54) is 19.1 Å². The Kier molecular flexibility index (Phi) is 8.07. The first-order chi connectivity index (χ1) is 16.4. The minimum Gasteiger partial charge on any atom is -0.497 e. The number of benzene rings is 2. The fraction of sp³-hybridized carbons (Fsp3) is 0.333. The van der Waals surface area contributed by atoms with Crippen molar-refractivity contribution in [2.45, 2.75) is 13.3 Å². The summed E-state index contributed by atoms with van der Waals surface area (Å²) in [5, 5.41) is 2.61. The van der Waals surface area contributed by atoms with Crippen LogP contribution in [0.3, 0.4) is 0 Å². The van der Waals surface area contributed by atoms with Gasteiger partial charge in [0.05, 0.1) is 38.0 Å². The smallest absolute Gasteiger partial charge is 0.338 e. The Balaban J connectivity index is 1.55. The molecule has 2 amide bonds. The number of methoxy groups -OCH3 is 2. The quantitative estimate of drug-likeness (QED) is 0.555. The Hall–Kier alpha value is -4.08. The number of hydrogen-bond acceptors (Lipinski definition) is 8. The van der Waals surface area contributed by atoms with Crippen LogP contribution in [0, 0.1) is 5.92 Å². The van der Waals surface area contributed by atoms with E-state index in [4.69, 9.17) is 18.9 Å². The van der Waals surface area contributed by atoms with E-state index in [-0.39, 0.29) is 25.5 Å². The number of carbonyl (C=O) groups is 4. The summed E-state index contributed by atoms with van der Waals surface area (Å²) >= 11 is 0. The number of carbonyl (C=O) groups excluding carboxylic acids is 4.